The number of aromatic nitrogens is 3. The molecule has 26 heavy (non-hydrogen) atoms. The molecule has 0 fully saturated rings. The van der Waals surface area contributed by atoms with Crippen LogP contribution in [-0.4, -0.2) is 39.5 Å². The van der Waals surface area contributed by atoms with Crippen LogP contribution in [0.25, 0.3) is 10.9 Å². The first-order valence-electron chi connectivity index (χ1n) is 8.52. The quantitative estimate of drug-likeness (QED) is 0.447. The van der Waals surface area contributed by atoms with Gasteiger partial charge in [-0.1, -0.05) is 30.3 Å². The SMILES string of the molecule is CCNc1n[nH]c2cc(NC(=O)NC(CCO)c3ccccc3)ncc12. The highest BCUT2D eigenvalue weighted by Crippen LogP contribution is 2.22. The molecule has 0 saturated heterocycles. The number of pyridine rings is 1. The van der Waals surface area contributed by atoms with E-state index in [1.54, 1.807) is 12.3 Å². The Labute approximate surface area is 151 Å². The summed E-state index contributed by atoms with van der Waals surface area (Å²) in [6.45, 7) is 2.73. The van der Waals surface area contributed by atoms with E-state index in [1.807, 2.05) is 37.3 Å². The number of carbonyl (C=O) groups excluding carboxylic acids is 1. The highest BCUT2D eigenvalue weighted by atomic mass is 16.3. The lowest BCUT2D eigenvalue weighted by Gasteiger charge is -2.18. The average molecular weight is 354 g/mol. The number of amides is 2. The minimum atomic E-state index is -0.384. The number of benzene rings is 1. The van der Waals surface area contributed by atoms with Gasteiger partial charge in [0.25, 0.3) is 0 Å². The van der Waals surface area contributed by atoms with E-state index in [0.717, 1.165) is 28.8 Å². The molecule has 0 bridgehead atoms. The Balaban J connectivity index is 1.69. The summed E-state index contributed by atoms with van der Waals surface area (Å²) in [6, 6.07) is 10.6. The third kappa shape index (κ3) is 4.09. The zero-order valence-corrected chi connectivity index (χ0v) is 14.5. The average Bonchev–Trinajstić information content (AvgIpc) is 3.05. The lowest BCUT2D eigenvalue weighted by molar-refractivity contribution is 0.239. The molecule has 1 aromatic carbocycles. The van der Waals surface area contributed by atoms with Crippen molar-refractivity contribution >= 4 is 28.6 Å². The Morgan fingerprint density at radius 3 is 2.85 bits per heavy atom. The van der Waals surface area contributed by atoms with Crippen LogP contribution >= 0.6 is 0 Å². The van der Waals surface area contributed by atoms with Gasteiger partial charge in [0.15, 0.2) is 5.82 Å². The molecule has 2 aromatic heterocycles. The molecule has 136 valence electrons. The lowest BCUT2D eigenvalue weighted by atomic mass is 10.0. The fourth-order valence-corrected chi connectivity index (χ4v) is 2.73. The number of anilines is 2. The van der Waals surface area contributed by atoms with Gasteiger partial charge in [-0.15, -0.1) is 0 Å². The van der Waals surface area contributed by atoms with Gasteiger partial charge in [-0.2, -0.15) is 5.10 Å². The van der Waals surface area contributed by atoms with Crippen molar-refractivity contribution < 1.29 is 9.90 Å². The Bertz CT molecular complexity index is 865. The fourth-order valence-electron chi connectivity index (χ4n) is 2.73. The summed E-state index contributed by atoms with van der Waals surface area (Å²) in [5.74, 6) is 1.15. The Kier molecular flexibility index (Phi) is 5.65. The summed E-state index contributed by atoms with van der Waals surface area (Å²) < 4.78 is 0. The molecule has 3 rings (SSSR count). The van der Waals surface area contributed by atoms with Gasteiger partial charge in [-0.3, -0.25) is 10.4 Å². The van der Waals surface area contributed by atoms with Gasteiger partial charge in [0.2, 0.25) is 0 Å². The molecule has 8 heteroatoms. The van der Waals surface area contributed by atoms with Gasteiger partial charge in [-0.05, 0) is 18.9 Å². The molecule has 3 aromatic rings. The molecule has 0 spiro atoms. The van der Waals surface area contributed by atoms with Gasteiger partial charge >= 0.3 is 6.03 Å². The molecule has 2 heterocycles. The van der Waals surface area contributed by atoms with Crippen molar-refractivity contribution in [1.82, 2.24) is 20.5 Å². The molecule has 1 atom stereocenters. The van der Waals surface area contributed by atoms with Gasteiger partial charge in [0.1, 0.15) is 5.82 Å². The van der Waals surface area contributed by atoms with Gasteiger partial charge in [-0.25, -0.2) is 9.78 Å². The summed E-state index contributed by atoms with van der Waals surface area (Å²) in [6.07, 6.45) is 2.09. The van der Waals surface area contributed by atoms with Crippen LogP contribution in [0.4, 0.5) is 16.4 Å². The maximum atomic E-state index is 12.3. The third-order valence-electron chi connectivity index (χ3n) is 3.96. The number of rotatable bonds is 7. The van der Waals surface area contributed by atoms with E-state index in [1.165, 1.54) is 0 Å². The van der Waals surface area contributed by atoms with Crippen molar-refractivity contribution in [3.63, 3.8) is 0 Å². The Hall–Kier alpha value is -3.13. The predicted molar refractivity (Wildman–Crippen MR) is 101 cm³/mol. The van der Waals surface area contributed by atoms with E-state index in [2.05, 4.69) is 31.1 Å². The van der Waals surface area contributed by atoms with Crippen LogP contribution in [0, 0.1) is 0 Å². The summed E-state index contributed by atoms with van der Waals surface area (Å²) in [7, 11) is 0. The van der Waals surface area contributed by atoms with Crippen LogP contribution in [0.2, 0.25) is 0 Å². The minimum absolute atomic E-state index is 0.0224. The molecule has 2 amide bonds. The highest BCUT2D eigenvalue weighted by Gasteiger charge is 2.15. The molecule has 0 radical (unpaired) electrons. The second kappa shape index (κ2) is 8.30. The maximum Gasteiger partial charge on any atom is 0.320 e. The van der Waals surface area contributed by atoms with Crippen molar-refractivity contribution in [3.05, 3.63) is 48.2 Å². The molecule has 0 aliphatic rings. The second-order valence-corrected chi connectivity index (χ2v) is 5.79. The van der Waals surface area contributed by atoms with Crippen LogP contribution in [-0.2, 0) is 0 Å². The number of nitrogens with zero attached hydrogens (tertiary/aromatic N) is 2. The van der Waals surface area contributed by atoms with E-state index >= 15 is 0 Å². The number of H-pyrrole nitrogens is 1. The number of carbonyl (C=O) groups is 1. The topological polar surface area (TPSA) is 115 Å². The number of urea groups is 1. The van der Waals surface area contributed by atoms with Crippen molar-refractivity contribution in [3.8, 4) is 0 Å². The first-order chi connectivity index (χ1) is 12.7. The number of hydrogen-bond donors (Lipinski definition) is 5. The molecular weight excluding hydrogens is 332 g/mol. The smallest absolute Gasteiger partial charge is 0.320 e. The number of aliphatic hydroxyl groups excluding tert-OH is 1. The Morgan fingerprint density at radius 1 is 1.31 bits per heavy atom. The Morgan fingerprint density at radius 2 is 2.12 bits per heavy atom. The normalized spacial score (nSPS) is 11.9. The van der Waals surface area contributed by atoms with Crippen LogP contribution in [0.15, 0.2) is 42.6 Å². The zero-order valence-electron chi connectivity index (χ0n) is 14.5. The third-order valence-corrected chi connectivity index (χ3v) is 3.96. The minimum Gasteiger partial charge on any atom is -0.396 e. The maximum absolute atomic E-state index is 12.3. The van der Waals surface area contributed by atoms with Gasteiger partial charge in [0.05, 0.1) is 16.9 Å². The summed E-state index contributed by atoms with van der Waals surface area (Å²) >= 11 is 0. The van der Waals surface area contributed by atoms with Crippen molar-refractivity contribution in [2.45, 2.75) is 19.4 Å². The first kappa shape index (κ1) is 17.7. The predicted octanol–water partition coefficient (Wildman–Crippen LogP) is 2.63. The standard InChI is InChI=1S/C18H22N6O2/c1-2-19-17-13-11-20-16(10-15(13)23-24-17)22-18(26)21-14(8-9-25)12-6-4-3-5-7-12/h3-7,10-11,14,25H,2,8-9H2,1H3,(H2,19,23,24)(H2,20,21,22,26). The summed E-state index contributed by atoms with van der Waals surface area (Å²) in [5.41, 5.74) is 1.71. The molecule has 5 N–H and O–H groups in total. The molecule has 0 saturated carbocycles. The zero-order chi connectivity index (χ0) is 18.4. The highest BCUT2D eigenvalue weighted by molar-refractivity contribution is 5.94. The largest absolute Gasteiger partial charge is 0.396 e. The number of fused-ring (bicyclic) bond motifs is 1. The monoisotopic (exact) mass is 354 g/mol. The van der Waals surface area contributed by atoms with E-state index in [0.29, 0.717) is 12.2 Å². The first-order valence-corrected chi connectivity index (χ1v) is 8.52. The fraction of sp³-hybridized carbons (Fsp3) is 0.278. The van der Waals surface area contributed by atoms with Crippen molar-refractivity contribution in [1.29, 1.82) is 0 Å². The van der Waals surface area contributed by atoms with Gasteiger partial charge in [0, 0.05) is 25.4 Å². The summed E-state index contributed by atoms with van der Waals surface area (Å²) in [4.78, 5) is 16.6. The van der Waals surface area contributed by atoms with Crippen LogP contribution in [0.1, 0.15) is 24.9 Å². The molecule has 0 aliphatic carbocycles. The molecule has 0 aliphatic heterocycles. The molecular formula is C18H22N6O2. The second-order valence-electron chi connectivity index (χ2n) is 5.79. The van der Waals surface area contributed by atoms with Gasteiger partial charge < -0.3 is 15.7 Å². The lowest BCUT2D eigenvalue weighted by Crippen LogP contribution is -2.33. The van der Waals surface area contributed by atoms with E-state index in [9.17, 15) is 9.90 Å². The van der Waals surface area contributed by atoms with E-state index < -0.39 is 0 Å². The number of hydrogen-bond acceptors (Lipinski definition) is 5. The number of aromatic amines is 1. The van der Waals surface area contributed by atoms with Crippen LogP contribution in [0.3, 0.4) is 0 Å². The van der Waals surface area contributed by atoms with Crippen molar-refractivity contribution in [2.75, 3.05) is 23.8 Å². The molecule has 1 unspecified atom stereocenters. The van der Waals surface area contributed by atoms with E-state index in [-0.39, 0.29) is 18.7 Å². The number of nitrogens with one attached hydrogen (secondary N) is 4. The summed E-state index contributed by atoms with van der Waals surface area (Å²) in [5, 5.41) is 26.0. The van der Waals surface area contributed by atoms with Crippen LogP contribution < -0.4 is 16.0 Å². The van der Waals surface area contributed by atoms with E-state index in [4.69, 9.17) is 0 Å². The number of aliphatic hydroxyl groups is 1. The van der Waals surface area contributed by atoms with Crippen molar-refractivity contribution in [2.24, 2.45) is 0 Å². The molecule has 8 nitrogen and oxygen atoms in total. The van der Waals surface area contributed by atoms with Crippen LogP contribution in [0.5, 0.6) is 0 Å².